The van der Waals surface area contributed by atoms with E-state index in [1.165, 1.54) is 16.7 Å². The number of thioether (sulfide) groups is 1. The van der Waals surface area contributed by atoms with E-state index >= 15 is 0 Å². The van der Waals surface area contributed by atoms with Crippen LogP contribution in [0, 0.1) is 6.92 Å². The number of amides is 2. The van der Waals surface area contributed by atoms with Crippen molar-refractivity contribution in [3.8, 4) is 11.5 Å². The summed E-state index contributed by atoms with van der Waals surface area (Å²) in [6.07, 6.45) is 3.40. The molecule has 0 radical (unpaired) electrons. The minimum absolute atomic E-state index is 0.150. The van der Waals surface area contributed by atoms with Gasteiger partial charge in [0.2, 0.25) is 0 Å². The minimum atomic E-state index is -0.283. The molecular weight excluding hydrogens is 524 g/mol. The lowest BCUT2D eigenvalue weighted by Crippen LogP contribution is -2.27. The van der Waals surface area contributed by atoms with Crippen molar-refractivity contribution in [3.05, 3.63) is 69.6 Å². The van der Waals surface area contributed by atoms with E-state index in [0.717, 1.165) is 15.6 Å². The van der Waals surface area contributed by atoms with Crippen molar-refractivity contribution in [2.75, 3.05) is 25.1 Å². The molecule has 0 bridgehead atoms. The number of halogens is 1. The van der Waals surface area contributed by atoms with E-state index in [2.05, 4.69) is 27.8 Å². The number of benzene rings is 2. The molecule has 1 aliphatic heterocycles. The van der Waals surface area contributed by atoms with Gasteiger partial charge < -0.3 is 14.8 Å². The van der Waals surface area contributed by atoms with Gasteiger partial charge in [-0.25, -0.2) is 0 Å². The largest absolute Gasteiger partial charge is 0.490 e. The van der Waals surface area contributed by atoms with Crippen molar-refractivity contribution in [2.24, 2.45) is 0 Å². The van der Waals surface area contributed by atoms with Crippen LogP contribution in [0.3, 0.4) is 0 Å². The Morgan fingerprint density at radius 1 is 1.24 bits per heavy atom. The molecule has 1 N–H and O–H groups in total. The van der Waals surface area contributed by atoms with E-state index in [1.54, 1.807) is 30.4 Å². The number of carbonyl (C=O) groups excluding carboxylic acids is 2. The van der Waals surface area contributed by atoms with Gasteiger partial charge in [-0.2, -0.15) is 0 Å². The van der Waals surface area contributed by atoms with Gasteiger partial charge in [0.1, 0.15) is 4.32 Å². The predicted molar refractivity (Wildman–Crippen MR) is 141 cm³/mol. The second kappa shape index (κ2) is 11.5. The number of nitrogens with one attached hydrogen (secondary N) is 1. The van der Waals surface area contributed by atoms with Gasteiger partial charge in [0.15, 0.2) is 18.1 Å². The molecule has 9 heteroatoms. The first-order valence-corrected chi connectivity index (χ1v) is 12.2. The molecule has 0 unspecified atom stereocenters. The third-order valence-electron chi connectivity index (χ3n) is 4.55. The first-order valence-electron chi connectivity index (χ1n) is 10.1. The Bertz CT molecular complexity index is 1130. The minimum Gasteiger partial charge on any atom is -0.490 e. The van der Waals surface area contributed by atoms with Crippen LogP contribution < -0.4 is 14.8 Å². The maximum absolute atomic E-state index is 12.6. The molecule has 0 spiro atoms. The molecule has 1 saturated heterocycles. The van der Waals surface area contributed by atoms with E-state index in [4.69, 9.17) is 21.7 Å². The lowest BCUT2D eigenvalue weighted by molar-refractivity contribution is -0.121. The summed E-state index contributed by atoms with van der Waals surface area (Å²) in [7, 11) is 0. The highest BCUT2D eigenvalue weighted by Gasteiger charge is 2.31. The average molecular weight is 547 g/mol. The molecule has 2 aromatic rings. The van der Waals surface area contributed by atoms with Crippen LogP contribution in [0.2, 0.25) is 0 Å². The second-order valence-corrected chi connectivity index (χ2v) is 9.55. The number of hydrogen-bond donors (Lipinski definition) is 1. The normalized spacial score (nSPS) is 14.5. The van der Waals surface area contributed by atoms with E-state index in [0.29, 0.717) is 39.6 Å². The van der Waals surface area contributed by atoms with E-state index in [-0.39, 0.29) is 18.4 Å². The fourth-order valence-electron chi connectivity index (χ4n) is 3.00. The van der Waals surface area contributed by atoms with Crippen LogP contribution >= 0.6 is 39.9 Å². The van der Waals surface area contributed by atoms with Gasteiger partial charge in [0.25, 0.3) is 11.8 Å². The number of anilines is 1. The van der Waals surface area contributed by atoms with Crippen LogP contribution in [0.5, 0.6) is 11.5 Å². The monoisotopic (exact) mass is 546 g/mol. The summed E-state index contributed by atoms with van der Waals surface area (Å²) >= 11 is 9.97. The molecule has 2 aromatic carbocycles. The predicted octanol–water partition coefficient (Wildman–Crippen LogP) is 5.56. The molecule has 3 rings (SSSR count). The molecular formula is C24H23BrN2O4S2. The van der Waals surface area contributed by atoms with Gasteiger partial charge in [-0.05, 0) is 61.4 Å². The van der Waals surface area contributed by atoms with Crippen molar-refractivity contribution in [1.29, 1.82) is 0 Å². The Kier molecular flexibility index (Phi) is 8.71. The second-order valence-electron chi connectivity index (χ2n) is 7.02. The van der Waals surface area contributed by atoms with Crippen LogP contribution in [-0.4, -0.2) is 40.8 Å². The SMILES string of the molecule is C=CCN1C(=O)/C(=C/c2ccc(OCC(=O)Nc3ccc(Br)c(C)c3)c(OCC)c2)SC1=S. The standard InChI is InChI=1S/C24H23BrN2O4S2/c1-4-10-27-23(29)21(33-24(27)32)13-16-6-9-19(20(12-16)30-5-2)31-14-22(28)26-17-7-8-18(25)15(3)11-17/h4,6-9,11-13H,1,5,10,14H2,2-3H3,(H,26,28)/b21-13-. The molecule has 0 aromatic heterocycles. The van der Waals surface area contributed by atoms with Crippen LogP contribution in [0.15, 0.2) is 58.4 Å². The van der Waals surface area contributed by atoms with Crippen LogP contribution in [0.1, 0.15) is 18.1 Å². The average Bonchev–Trinajstić information content (AvgIpc) is 3.03. The quantitative estimate of drug-likeness (QED) is 0.252. The lowest BCUT2D eigenvalue weighted by Gasteiger charge is -2.13. The van der Waals surface area contributed by atoms with Gasteiger partial charge in [0, 0.05) is 16.7 Å². The van der Waals surface area contributed by atoms with Crippen molar-refractivity contribution in [3.63, 3.8) is 0 Å². The maximum atomic E-state index is 12.6. The Morgan fingerprint density at radius 3 is 2.73 bits per heavy atom. The summed E-state index contributed by atoms with van der Waals surface area (Å²) in [5, 5.41) is 2.82. The lowest BCUT2D eigenvalue weighted by atomic mass is 10.2. The number of thiocarbonyl (C=S) groups is 1. The Balaban J connectivity index is 1.70. The zero-order valence-electron chi connectivity index (χ0n) is 18.2. The van der Waals surface area contributed by atoms with Crippen molar-refractivity contribution < 1.29 is 19.1 Å². The fourth-order valence-corrected chi connectivity index (χ4v) is 4.52. The summed E-state index contributed by atoms with van der Waals surface area (Å²) in [5.41, 5.74) is 2.47. The first kappa shape index (κ1) is 25.0. The molecule has 1 aliphatic rings. The van der Waals surface area contributed by atoms with Crippen LogP contribution in [0.4, 0.5) is 5.69 Å². The van der Waals surface area contributed by atoms with Gasteiger partial charge in [-0.1, -0.05) is 52.1 Å². The van der Waals surface area contributed by atoms with Gasteiger partial charge in [0.05, 0.1) is 11.5 Å². The molecule has 1 fully saturated rings. The van der Waals surface area contributed by atoms with E-state index < -0.39 is 0 Å². The maximum Gasteiger partial charge on any atom is 0.266 e. The summed E-state index contributed by atoms with van der Waals surface area (Å²) in [4.78, 5) is 26.9. The van der Waals surface area contributed by atoms with E-state index in [9.17, 15) is 9.59 Å². The smallest absolute Gasteiger partial charge is 0.266 e. The highest BCUT2D eigenvalue weighted by atomic mass is 79.9. The van der Waals surface area contributed by atoms with Gasteiger partial charge in [-0.15, -0.1) is 6.58 Å². The Hall–Kier alpha value is -2.62. The molecule has 1 heterocycles. The third-order valence-corrected chi connectivity index (χ3v) is 6.82. The molecule has 6 nitrogen and oxygen atoms in total. The first-order chi connectivity index (χ1) is 15.8. The van der Waals surface area contributed by atoms with Crippen LogP contribution in [0.25, 0.3) is 6.08 Å². The zero-order valence-corrected chi connectivity index (χ0v) is 21.4. The van der Waals surface area contributed by atoms with Gasteiger partial charge in [-0.3, -0.25) is 14.5 Å². The third kappa shape index (κ3) is 6.46. The van der Waals surface area contributed by atoms with Crippen molar-refractivity contribution in [1.82, 2.24) is 4.90 Å². The Morgan fingerprint density at radius 2 is 2.03 bits per heavy atom. The highest BCUT2D eigenvalue weighted by Crippen LogP contribution is 2.35. The summed E-state index contributed by atoms with van der Waals surface area (Å²) < 4.78 is 12.9. The molecule has 172 valence electrons. The molecule has 0 atom stereocenters. The molecule has 0 aliphatic carbocycles. The fraction of sp³-hybridized carbons (Fsp3) is 0.208. The number of carbonyl (C=O) groups is 2. The summed E-state index contributed by atoms with van der Waals surface area (Å²) in [6.45, 7) is 8.10. The number of ether oxygens (including phenoxy) is 2. The number of nitrogens with zero attached hydrogens (tertiary/aromatic N) is 1. The van der Waals surface area contributed by atoms with Crippen molar-refractivity contribution in [2.45, 2.75) is 13.8 Å². The van der Waals surface area contributed by atoms with Crippen LogP contribution in [-0.2, 0) is 9.59 Å². The summed E-state index contributed by atoms with van der Waals surface area (Å²) in [5.74, 6) is 0.493. The molecule has 33 heavy (non-hydrogen) atoms. The highest BCUT2D eigenvalue weighted by molar-refractivity contribution is 9.10. The number of rotatable bonds is 9. The summed E-state index contributed by atoms with van der Waals surface area (Å²) in [6, 6.07) is 10.9. The topological polar surface area (TPSA) is 67.9 Å². The Labute approximate surface area is 211 Å². The van der Waals surface area contributed by atoms with E-state index in [1.807, 2.05) is 32.0 Å². The number of hydrogen-bond acceptors (Lipinski definition) is 6. The molecule has 0 saturated carbocycles. The van der Waals surface area contributed by atoms with Gasteiger partial charge >= 0.3 is 0 Å². The van der Waals surface area contributed by atoms with Crippen molar-refractivity contribution >= 4 is 67.8 Å². The zero-order chi connectivity index (χ0) is 24.0. The number of aryl methyl sites for hydroxylation is 1. The molecule has 2 amide bonds.